The van der Waals surface area contributed by atoms with Crippen molar-refractivity contribution in [1.29, 1.82) is 0 Å². The molecule has 2 unspecified atom stereocenters. The van der Waals surface area contributed by atoms with Crippen LogP contribution in [-0.4, -0.2) is 45.6 Å². The number of ether oxygens (including phenoxy) is 5. The largest absolute Gasteiger partial charge is 0.378 e. The third-order valence-electron chi connectivity index (χ3n) is 5.05. The zero-order valence-electron chi connectivity index (χ0n) is 16.6. The van der Waals surface area contributed by atoms with E-state index < -0.39 is 0 Å². The Kier molecular flexibility index (Phi) is 9.28. The molecule has 0 radical (unpaired) electrons. The maximum atomic E-state index is 6.20. The lowest BCUT2D eigenvalue weighted by Crippen LogP contribution is -2.26. The molecule has 1 aromatic rings. The molecule has 1 aromatic carbocycles. The van der Waals surface area contributed by atoms with Gasteiger partial charge < -0.3 is 23.7 Å². The fourth-order valence-electron chi connectivity index (χ4n) is 3.42. The molecule has 28 heavy (non-hydrogen) atoms. The van der Waals surface area contributed by atoms with Crippen LogP contribution < -0.4 is 0 Å². The van der Waals surface area contributed by atoms with Gasteiger partial charge in [-0.05, 0) is 62.6 Å². The summed E-state index contributed by atoms with van der Waals surface area (Å²) in [6, 6.07) is 7.89. The van der Waals surface area contributed by atoms with Gasteiger partial charge in [0.25, 0.3) is 0 Å². The summed E-state index contributed by atoms with van der Waals surface area (Å²) in [6.45, 7) is 3.32. The Labute approximate surface area is 168 Å². The molecule has 0 spiro atoms. The smallest absolute Gasteiger partial charge is 0.158 e. The third-order valence-corrected chi connectivity index (χ3v) is 5.05. The number of hydrogen-bond donors (Lipinski definition) is 0. The van der Waals surface area contributed by atoms with E-state index in [-0.39, 0.29) is 18.7 Å². The van der Waals surface area contributed by atoms with E-state index in [0.717, 1.165) is 62.9 Å². The molecule has 3 rings (SSSR count). The van der Waals surface area contributed by atoms with E-state index in [2.05, 4.69) is 5.92 Å². The van der Waals surface area contributed by atoms with Crippen LogP contribution in [0.1, 0.15) is 62.2 Å². The van der Waals surface area contributed by atoms with E-state index in [1.165, 1.54) is 6.42 Å². The highest BCUT2D eigenvalue weighted by atomic mass is 16.7. The minimum atomic E-state index is -0.169. The van der Waals surface area contributed by atoms with E-state index in [0.29, 0.717) is 19.8 Å². The predicted octanol–water partition coefficient (Wildman–Crippen LogP) is 4.20. The molecule has 2 saturated heterocycles. The van der Waals surface area contributed by atoms with Crippen molar-refractivity contribution in [2.45, 2.75) is 63.6 Å². The van der Waals surface area contributed by atoms with Gasteiger partial charge in [-0.3, -0.25) is 0 Å². The summed E-state index contributed by atoms with van der Waals surface area (Å²) >= 11 is 0. The van der Waals surface area contributed by atoms with Crippen LogP contribution >= 0.6 is 0 Å². The maximum Gasteiger partial charge on any atom is 0.158 e. The van der Waals surface area contributed by atoms with Crippen LogP contribution in [0.3, 0.4) is 0 Å². The highest BCUT2D eigenvalue weighted by Crippen LogP contribution is 2.25. The Morgan fingerprint density at radius 1 is 0.964 bits per heavy atom. The number of terminal acetylenes is 1. The van der Waals surface area contributed by atoms with Gasteiger partial charge >= 0.3 is 0 Å². The van der Waals surface area contributed by atoms with Crippen LogP contribution in [0.15, 0.2) is 24.3 Å². The van der Waals surface area contributed by atoms with Crippen molar-refractivity contribution < 1.29 is 23.7 Å². The van der Waals surface area contributed by atoms with Crippen molar-refractivity contribution in [3.63, 3.8) is 0 Å². The van der Waals surface area contributed by atoms with Crippen LogP contribution in [0.25, 0.3) is 0 Å². The Bertz CT molecular complexity index is 582. The fourth-order valence-corrected chi connectivity index (χ4v) is 3.42. The molecule has 0 amide bonds. The highest BCUT2D eigenvalue weighted by molar-refractivity contribution is 5.34. The van der Waals surface area contributed by atoms with Gasteiger partial charge in [-0.25, -0.2) is 0 Å². The van der Waals surface area contributed by atoms with Crippen LogP contribution in [0, 0.1) is 12.3 Å². The van der Waals surface area contributed by atoms with Crippen molar-refractivity contribution in [3.8, 4) is 12.3 Å². The lowest BCUT2D eigenvalue weighted by atomic mass is 10.1. The van der Waals surface area contributed by atoms with Gasteiger partial charge in [0.1, 0.15) is 6.10 Å². The summed E-state index contributed by atoms with van der Waals surface area (Å²) in [6.07, 6.45) is 12.4. The molecule has 2 aliphatic heterocycles. The van der Waals surface area contributed by atoms with Gasteiger partial charge in [0.05, 0.1) is 13.2 Å². The maximum absolute atomic E-state index is 6.20. The molecule has 2 fully saturated rings. The van der Waals surface area contributed by atoms with Crippen LogP contribution in [-0.2, 0) is 23.7 Å². The third kappa shape index (κ3) is 7.20. The lowest BCUT2D eigenvalue weighted by molar-refractivity contribution is -0.200. The van der Waals surface area contributed by atoms with E-state index in [4.69, 9.17) is 30.1 Å². The first kappa shape index (κ1) is 21.3. The molecule has 0 bridgehead atoms. The summed E-state index contributed by atoms with van der Waals surface area (Å²) in [5.41, 5.74) is 1.92. The molecular weight excluding hydrogens is 356 g/mol. The molecule has 2 heterocycles. The van der Waals surface area contributed by atoms with E-state index in [9.17, 15) is 0 Å². The van der Waals surface area contributed by atoms with Crippen molar-refractivity contribution in [2.75, 3.05) is 33.0 Å². The Morgan fingerprint density at radius 2 is 1.68 bits per heavy atom. The second kappa shape index (κ2) is 12.2. The molecule has 3 atom stereocenters. The molecule has 5 heteroatoms. The van der Waals surface area contributed by atoms with Crippen molar-refractivity contribution in [3.05, 3.63) is 35.4 Å². The fraction of sp³-hybridized carbons (Fsp3) is 0.652. The Balaban J connectivity index is 1.42. The normalized spacial score (nSPS) is 23.8. The summed E-state index contributed by atoms with van der Waals surface area (Å²) in [7, 11) is 0. The van der Waals surface area contributed by atoms with E-state index in [1.54, 1.807) is 0 Å². The first-order chi connectivity index (χ1) is 13.8. The summed E-state index contributed by atoms with van der Waals surface area (Å²) in [5.74, 6) is 2.65. The predicted molar refractivity (Wildman–Crippen MR) is 107 cm³/mol. The van der Waals surface area contributed by atoms with Gasteiger partial charge in [0.15, 0.2) is 12.6 Å². The molecule has 0 aromatic heterocycles. The van der Waals surface area contributed by atoms with Gasteiger partial charge in [0, 0.05) is 25.4 Å². The standard InChI is InChI=1S/C23H32O5/c1-2-19-10-12-20(13-11-19)21(28-23-9-4-6-16-27-23)18-24-14-7-17-26-22-8-3-5-15-25-22/h1,10-13,21-23H,3-9,14-18H2/t21-,22?,23?/m0/s1. The monoisotopic (exact) mass is 388 g/mol. The number of rotatable bonds is 10. The zero-order valence-corrected chi connectivity index (χ0v) is 16.6. The molecule has 0 N–H and O–H groups in total. The molecule has 2 aliphatic rings. The van der Waals surface area contributed by atoms with E-state index >= 15 is 0 Å². The summed E-state index contributed by atoms with van der Waals surface area (Å²) in [5, 5.41) is 0. The second-order valence-electron chi connectivity index (χ2n) is 7.28. The van der Waals surface area contributed by atoms with Crippen molar-refractivity contribution in [1.82, 2.24) is 0 Å². The van der Waals surface area contributed by atoms with Crippen molar-refractivity contribution >= 4 is 0 Å². The SMILES string of the molecule is C#Cc1ccc([C@H](COCCCOC2CCCCO2)OC2CCCCO2)cc1. The average molecular weight is 389 g/mol. The molecule has 5 nitrogen and oxygen atoms in total. The first-order valence-corrected chi connectivity index (χ1v) is 10.5. The summed E-state index contributed by atoms with van der Waals surface area (Å²) in [4.78, 5) is 0. The first-order valence-electron chi connectivity index (χ1n) is 10.5. The average Bonchev–Trinajstić information content (AvgIpc) is 2.77. The quantitative estimate of drug-likeness (QED) is 0.444. The Morgan fingerprint density at radius 3 is 2.32 bits per heavy atom. The molecule has 0 aliphatic carbocycles. The minimum absolute atomic E-state index is 0.0389. The highest BCUT2D eigenvalue weighted by Gasteiger charge is 2.21. The van der Waals surface area contributed by atoms with Crippen LogP contribution in [0.4, 0.5) is 0 Å². The molecule has 154 valence electrons. The zero-order chi connectivity index (χ0) is 19.4. The topological polar surface area (TPSA) is 46.2 Å². The Hall–Kier alpha value is -1.42. The van der Waals surface area contributed by atoms with Gasteiger partial charge in [-0.1, -0.05) is 18.1 Å². The lowest BCUT2D eigenvalue weighted by Gasteiger charge is -2.28. The van der Waals surface area contributed by atoms with Crippen LogP contribution in [0.5, 0.6) is 0 Å². The van der Waals surface area contributed by atoms with Crippen LogP contribution in [0.2, 0.25) is 0 Å². The second-order valence-corrected chi connectivity index (χ2v) is 7.28. The van der Waals surface area contributed by atoms with Gasteiger partial charge in [0.2, 0.25) is 0 Å². The van der Waals surface area contributed by atoms with Gasteiger partial charge in [-0.15, -0.1) is 6.42 Å². The molecular formula is C23H32O5. The van der Waals surface area contributed by atoms with E-state index in [1.807, 2.05) is 24.3 Å². The minimum Gasteiger partial charge on any atom is -0.378 e. The van der Waals surface area contributed by atoms with Gasteiger partial charge in [-0.2, -0.15) is 0 Å². The number of benzene rings is 1. The summed E-state index contributed by atoms with van der Waals surface area (Å²) < 4.78 is 29.2. The number of hydrogen-bond acceptors (Lipinski definition) is 5. The molecule has 0 saturated carbocycles. The van der Waals surface area contributed by atoms with Crippen molar-refractivity contribution in [2.24, 2.45) is 0 Å².